The third-order valence-corrected chi connectivity index (χ3v) is 9.12. The van der Waals surface area contributed by atoms with Crippen molar-refractivity contribution in [1.82, 2.24) is 4.90 Å². The number of Topliss-reactive ketones (excluding diaryl/α,β-unsaturated/α-hetero) is 2. The Hall–Kier alpha value is -1.89. The highest BCUT2D eigenvalue weighted by Gasteiger charge is 2.49. The van der Waals surface area contributed by atoms with Crippen LogP contribution in [0.25, 0.3) is 0 Å². The molecule has 0 bridgehead atoms. The lowest BCUT2D eigenvalue weighted by Crippen LogP contribution is -2.43. The molecular weight excluding hydrogens is 630 g/mol. The molecule has 0 saturated carbocycles. The number of benzene rings is 2. The summed E-state index contributed by atoms with van der Waals surface area (Å²) in [7, 11) is 2.03. The van der Waals surface area contributed by atoms with Crippen molar-refractivity contribution in [2.45, 2.75) is 65.9 Å². The molecule has 0 spiro atoms. The Bertz CT molecular complexity index is 1350. The van der Waals surface area contributed by atoms with E-state index in [0.717, 1.165) is 55.5 Å². The lowest BCUT2D eigenvalue weighted by molar-refractivity contribution is -0.119. The number of halogens is 3. The predicted octanol–water partition coefficient (Wildman–Crippen LogP) is 8.76. The molecule has 0 amide bonds. The number of hydrogen-bond donors (Lipinski definition) is 0. The Kier molecular flexibility index (Phi) is 7.24. The number of hydrogen-bond acceptors (Lipinski definition) is 4. The summed E-state index contributed by atoms with van der Waals surface area (Å²) in [4.78, 5) is 29.9. The normalized spacial score (nSPS) is 21.0. The van der Waals surface area contributed by atoms with Crippen LogP contribution in [-0.2, 0) is 16.2 Å². The first-order valence-corrected chi connectivity index (χ1v) is 14.9. The number of carbonyl (C=O) groups excluding carboxylic acids is 2. The van der Waals surface area contributed by atoms with Crippen molar-refractivity contribution >= 4 is 55.0 Å². The summed E-state index contributed by atoms with van der Waals surface area (Å²) in [6.07, 6.45) is 2.47. The monoisotopic (exact) mass is 659 g/mol. The van der Waals surface area contributed by atoms with Gasteiger partial charge in [-0.3, -0.25) is 9.59 Å². The fraction of sp³-hybridized carbons (Fsp3) is 0.419. The quantitative estimate of drug-likeness (QED) is 0.329. The third kappa shape index (κ3) is 5.16. The SMILES string of the molecule is CN1C2=C(C(=O)CC(C)(C)C2)C(c2cc(Br)cc(Br)c2OCc2ccc(Cl)cc2)C2=C1CC(C)(C)CC2=O. The Morgan fingerprint density at radius 2 is 1.42 bits per heavy atom. The molecule has 2 aromatic carbocycles. The Balaban J connectivity index is 1.70. The summed E-state index contributed by atoms with van der Waals surface area (Å²) in [5.74, 6) is 0.387. The maximum Gasteiger partial charge on any atom is 0.162 e. The van der Waals surface area contributed by atoms with Gasteiger partial charge < -0.3 is 9.64 Å². The average Bonchev–Trinajstić information content (AvgIpc) is 2.79. The van der Waals surface area contributed by atoms with Crippen LogP contribution in [0.3, 0.4) is 0 Å². The summed E-state index contributed by atoms with van der Waals surface area (Å²) < 4.78 is 8.07. The molecule has 0 radical (unpaired) electrons. The number of carbonyl (C=O) groups is 2. The molecule has 1 aliphatic heterocycles. The van der Waals surface area contributed by atoms with Crippen molar-refractivity contribution in [2.75, 3.05) is 7.05 Å². The maximum absolute atomic E-state index is 13.9. The number of allylic oxidation sites excluding steroid dienone is 4. The smallest absolute Gasteiger partial charge is 0.162 e. The van der Waals surface area contributed by atoms with Crippen molar-refractivity contribution in [1.29, 1.82) is 0 Å². The van der Waals surface area contributed by atoms with Crippen LogP contribution in [0, 0.1) is 10.8 Å². The molecule has 200 valence electrons. The molecule has 2 aromatic rings. The fourth-order valence-corrected chi connectivity index (χ4v) is 7.66. The van der Waals surface area contributed by atoms with Gasteiger partial charge in [0.15, 0.2) is 11.6 Å². The van der Waals surface area contributed by atoms with E-state index in [1.807, 2.05) is 43.4 Å². The van der Waals surface area contributed by atoms with E-state index >= 15 is 0 Å². The topological polar surface area (TPSA) is 46.6 Å². The summed E-state index contributed by atoms with van der Waals surface area (Å²) in [6.45, 7) is 8.92. The van der Waals surface area contributed by atoms with E-state index in [2.05, 4.69) is 64.5 Å². The second-order valence-corrected chi connectivity index (χ2v) is 14.5. The highest BCUT2D eigenvalue weighted by Crippen LogP contribution is 2.56. The zero-order chi connectivity index (χ0) is 27.6. The minimum atomic E-state index is -0.475. The predicted molar refractivity (Wildman–Crippen MR) is 158 cm³/mol. The summed E-state index contributed by atoms with van der Waals surface area (Å²) in [6, 6.07) is 11.5. The third-order valence-electron chi connectivity index (χ3n) is 7.82. The van der Waals surface area contributed by atoms with Gasteiger partial charge in [0, 0.05) is 63.4 Å². The Morgan fingerprint density at radius 1 is 0.895 bits per heavy atom. The van der Waals surface area contributed by atoms with Gasteiger partial charge in [-0.05, 0) is 69.4 Å². The van der Waals surface area contributed by atoms with Crippen LogP contribution >= 0.6 is 43.5 Å². The number of ketones is 2. The van der Waals surface area contributed by atoms with Crippen molar-refractivity contribution in [3.8, 4) is 5.75 Å². The van der Waals surface area contributed by atoms with E-state index in [9.17, 15) is 9.59 Å². The lowest BCUT2D eigenvalue weighted by Gasteiger charge is -2.48. The van der Waals surface area contributed by atoms with Gasteiger partial charge in [0.2, 0.25) is 0 Å². The summed E-state index contributed by atoms with van der Waals surface area (Å²) in [5.41, 5.74) is 5.04. The molecule has 0 atom stereocenters. The molecule has 1 heterocycles. The van der Waals surface area contributed by atoms with Gasteiger partial charge >= 0.3 is 0 Å². The van der Waals surface area contributed by atoms with Crippen LogP contribution in [0.15, 0.2) is 67.9 Å². The first-order valence-electron chi connectivity index (χ1n) is 12.9. The van der Waals surface area contributed by atoms with Crippen molar-refractivity contribution in [3.05, 3.63) is 84.0 Å². The van der Waals surface area contributed by atoms with Crippen molar-refractivity contribution in [2.24, 2.45) is 10.8 Å². The number of rotatable bonds is 4. The van der Waals surface area contributed by atoms with Crippen LogP contribution in [0.1, 0.15) is 70.4 Å². The van der Waals surface area contributed by atoms with Crippen LogP contribution in [0.5, 0.6) is 5.75 Å². The highest BCUT2D eigenvalue weighted by molar-refractivity contribution is 9.11. The molecule has 0 N–H and O–H groups in total. The molecule has 2 aliphatic carbocycles. The standard InChI is InChI=1S/C31H32Br2ClNO3/c1-30(2)12-22-27(24(36)14-30)26(28-23(35(22)5)13-31(3,4)15-25(28)37)20-10-18(32)11-21(33)29(20)38-16-17-6-8-19(34)9-7-17/h6-11,26H,12-16H2,1-5H3. The van der Waals surface area contributed by atoms with E-state index < -0.39 is 5.92 Å². The average molecular weight is 662 g/mol. The van der Waals surface area contributed by atoms with Gasteiger partial charge in [0.25, 0.3) is 0 Å². The minimum absolute atomic E-state index is 0.108. The zero-order valence-electron chi connectivity index (χ0n) is 22.4. The van der Waals surface area contributed by atoms with Crippen LogP contribution < -0.4 is 4.74 Å². The first-order chi connectivity index (χ1) is 17.8. The van der Waals surface area contributed by atoms with Gasteiger partial charge in [-0.1, -0.05) is 67.4 Å². The Labute approximate surface area is 246 Å². The molecule has 0 fully saturated rings. The maximum atomic E-state index is 13.9. The van der Waals surface area contributed by atoms with E-state index in [-0.39, 0.29) is 22.4 Å². The molecular formula is C31H32Br2ClNO3. The van der Waals surface area contributed by atoms with E-state index in [0.29, 0.717) is 30.2 Å². The van der Waals surface area contributed by atoms with E-state index in [4.69, 9.17) is 16.3 Å². The zero-order valence-corrected chi connectivity index (χ0v) is 26.3. The summed E-state index contributed by atoms with van der Waals surface area (Å²) in [5, 5.41) is 0.669. The van der Waals surface area contributed by atoms with Gasteiger partial charge in [0.05, 0.1) is 4.47 Å². The van der Waals surface area contributed by atoms with Gasteiger partial charge in [-0.2, -0.15) is 0 Å². The number of nitrogens with zero attached hydrogens (tertiary/aromatic N) is 1. The number of ether oxygens (including phenoxy) is 1. The molecule has 7 heteroatoms. The molecule has 0 aromatic heterocycles. The molecule has 3 aliphatic rings. The minimum Gasteiger partial charge on any atom is -0.487 e. The highest BCUT2D eigenvalue weighted by atomic mass is 79.9. The van der Waals surface area contributed by atoms with E-state index in [1.165, 1.54) is 0 Å². The van der Waals surface area contributed by atoms with Crippen molar-refractivity contribution < 1.29 is 14.3 Å². The molecule has 5 rings (SSSR count). The first kappa shape index (κ1) is 27.7. The molecule has 38 heavy (non-hydrogen) atoms. The van der Waals surface area contributed by atoms with Crippen molar-refractivity contribution in [3.63, 3.8) is 0 Å². The van der Waals surface area contributed by atoms with Gasteiger partial charge in [-0.25, -0.2) is 0 Å². The summed E-state index contributed by atoms with van der Waals surface area (Å²) >= 11 is 13.5. The second kappa shape index (κ2) is 9.94. The molecule has 4 nitrogen and oxygen atoms in total. The fourth-order valence-electron chi connectivity index (χ4n) is 6.16. The van der Waals surface area contributed by atoms with Gasteiger partial charge in [0.1, 0.15) is 12.4 Å². The lowest BCUT2D eigenvalue weighted by atomic mass is 9.63. The van der Waals surface area contributed by atoms with Crippen LogP contribution in [0.2, 0.25) is 5.02 Å². The largest absolute Gasteiger partial charge is 0.487 e. The van der Waals surface area contributed by atoms with Crippen LogP contribution in [0.4, 0.5) is 0 Å². The molecule has 0 saturated heterocycles. The molecule has 0 unspecified atom stereocenters. The second-order valence-electron chi connectivity index (χ2n) is 12.3. The van der Waals surface area contributed by atoms with Crippen LogP contribution in [-0.4, -0.2) is 23.5 Å². The van der Waals surface area contributed by atoms with E-state index in [1.54, 1.807) is 0 Å². The van der Waals surface area contributed by atoms with Gasteiger partial charge in [-0.15, -0.1) is 0 Å². The Morgan fingerprint density at radius 3 is 1.95 bits per heavy atom.